The molecule has 0 aromatic carbocycles. The Morgan fingerprint density at radius 2 is 2.30 bits per heavy atom. The lowest BCUT2D eigenvalue weighted by atomic mass is 9.89. The first-order chi connectivity index (χ1) is 9.56. The molecule has 1 atom stereocenters. The minimum atomic E-state index is -0.0942. The second-order valence-electron chi connectivity index (χ2n) is 5.60. The zero-order valence-corrected chi connectivity index (χ0v) is 12.5. The van der Waals surface area contributed by atoms with Crippen LogP contribution in [0.3, 0.4) is 0 Å². The highest BCUT2D eigenvalue weighted by Crippen LogP contribution is 2.35. The summed E-state index contributed by atoms with van der Waals surface area (Å²) >= 11 is 1.60. The summed E-state index contributed by atoms with van der Waals surface area (Å²) in [7, 11) is 0. The van der Waals surface area contributed by atoms with Gasteiger partial charge in [-0.2, -0.15) is 0 Å². The maximum absolute atomic E-state index is 12.5. The molecule has 0 bridgehead atoms. The lowest BCUT2D eigenvalue weighted by molar-refractivity contribution is -0.117. The van der Waals surface area contributed by atoms with Gasteiger partial charge >= 0.3 is 0 Å². The Labute approximate surface area is 120 Å². The molecule has 0 saturated carbocycles. The number of rotatable bonds is 3. The Balaban J connectivity index is 2.08. The van der Waals surface area contributed by atoms with E-state index < -0.39 is 0 Å². The molecule has 1 aliphatic rings. The number of ketones is 1. The van der Waals surface area contributed by atoms with Crippen LogP contribution in [0.5, 0.6) is 0 Å². The molecule has 5 nitrogen and oxygen atoms in total. The summed E-state index contributed by atoms with van der Waals surface area (Å²) in [5, 5.41) is 8.86. The van der Waals surface area contributed by atoms with E-state index in [0.29, 0.717) is 18.9 Å². The van der Waals surface area contributed by atoms with Gasteiger partial charge in [-0.05, 0) is 37.7 Å². The van der Waals surface area contributed by atoms with E-state index in [-0.39, 0.29) is 11.3 Å². The van der Waals surface area contributed by atoms with Crippen molar-refractivity contribution in [2.45, 2.75) is 46.1 Å². The molecule has 0 fully saturated rings. The van der Waals surface area contributed by atoms with Gasteiger partial charge in [0.15, 0.2) is 4.83 Å². The van der Waals surface area contributed by atoms with E-state index in [2.05, 4.69) is 17.2 Å². The molecule has 6 heteroatoms. The monoisotopic (exact) mass is 291 g/mol. The normalized spacial score (nSPS) is 18.2. The molecular weight excluding hydrogens is 274 g/mol. The summed E-state index contributed by atoms with van der Waals surface area (Å²) in [6.45, 7) is 4.08. The second-order valence-corrected chi connectivity index (χ2v) is 6.69. The van der Waals surface area contributed by atoms with Gasteiger partial charge in [-0.25, -0.2) is 4.68 Å². The minimum absolute atomic E-state index is 0.0555. The van der Waals surface area contributed by atoms with Gasteiger partial charge in [0.1, 0.15) is 5.78 Å². The van der Waals surface area contributed by atoms with E-state index in [9.17, 15) is 9.59 Å². The third-order valence-electron chi connectivity index (χ3n) is 3.86. The molecule has 0 spiro atoms. The third-order valence-corrected chi connectivity index (χ3v) is 5.00. The Hall–Kier alpha value is -1.56. The Kier molecular flexibility index (Phi) is 3.41. The number of aryl methyl sites for hydroxylation is 2. The molecule has 0 radical (unpaired) electrons. The van der Waals surface area contributed by atoms with Gasteiger partial charge in [-0.3, -0.25) is 9.59 Å². The van der Waals surface area contributed by atoms with Crippen LogP contribution in [0.15, 0.2) is 4.79 Å². The molecule has 106 valence electrons. The first kappa shape index (κ1) is 13.4. The van der Waals surface area contributed by atoms with Crippen molar-refractivity contribution >= 4 is 27.3 Å². The quantitative estimate of drug-likeness (QED) is 0.867. The van der Waals surface area contributed by atoms with Crippen LogP contribution in [-0.4, -0.2) is 20.8 Å². The first-order valence-corrected chi connectivity index (χ1v) is 7.75. The average molecular weight is 291 g/mol. The molecule has 0 N–H and O–H groups in total. The highest BCUT2D eigenvalue weighted by atomic mass is 32.1. The highest BCUT2D eigenvalue weighted by Gasteiger charge is 2.23. The molecule has 0 aliphatic heterocycles. The summed E-state index contributed by atoms with van der Waals surface area (Å²) in [5.41, 5.74) is 1.07. The number of carbonyl (C=O) groups is 1. The van der Waals surface area contributed by atoms with Crippen LogP contribution in [0.2, 0.25) is 0 Å². The number of carbonyl (C=O) groups excluding carboxylic acids is 1. The van der Waals surface area contributed by atoms with Crippen molar-refractivity contribution in [3.05, 3.63) is 20.8 Å². The van der Waals surface area contributed by atoms with E-state index in [1.807, 2.05) is 0 Å². The minimum Gasteiger partial charge on any atom is -0.300 e. The van der Waals surface area contributed by atoms with Gasteiger partial charge in [0.2, 0.25) is 0 Å². The number of hydrogen-bond donors (Lipinski definition) is 0. The van der Waals surface area contributed by atoms with Gasteiger partial charge in [-0.1, -0.05) is 12.1 Å². The van der Waals surface area contributed by atoms with Crippen LogP contribution in [-0.2, 0) is 24.2 Å². The zero-order chi connectivity index (χ0) is 14.3. The SMILES string of the molecule is CC(=O)CCn1nnc2sc3c(c2c1=O)CCC(C)C3. The number of aromatic nitrogens is 3. The van der Waals surface area contributed by atoms with Crippen molar-refractivity contribution in [2.24, 2.45) is 5.92 Å². The van der Waals surface area contributed by atoms with Crippen LogP contribution in [0.25, 0.3) is 10.2 Å². The summed E-state index contributed by atoms with van der Waals surface area (Å²) in [4.78, 5) is 25.6. The number of fused-ring (bicyclic) bond motifs is 3. The predicted molar refractivity (Wildman–Crippen MR) is 78.2 cm³/mol. The summed E-state index contributed by atoms with van der Waals surface area (Å²) in [6, 6.07) is 0. The fourth-order valence-corrected chi connectivity index (χ4v) is 4.02. The van der Waals surface area contributed by atoms with Crippen molar-refractivity contribution in [3.63, 3.8) is 0 Å². The van der Waals surface area contributed by atoms with Gasteiger partial charge in [-0.15, -0.1) is 16.4 Å². The maximum Gasteiger partial charge on any atom is 0.278 e. The third kappa shape index (κ3) is 2.28. The van der Waals surface area contributed by atoms with Crippen LogP contribution in [0.4, 0.5) is 0 Å². The van der Waals surface area contributed by atoms with Crippen LogP contribution >= 0.6 is 11.3 Å². The fourth-order valence-electron chi connectivity index (χ4n) is 2.70. The van der Waals surface area contributed by atoms with Crippen molar-refractivity contribution < 1.29 is 4.79 Å². The fraction of sp³-hybridized carbons (Fsp3) is 0.571. The van der Waals surface area contributed by atoms with E-state index in [4.69, 9.17) is 0 Å². The smallest absolute Gasteiger partial charge is 0.278 e. The zero-order valence-electron chi connectivity index (χ0n) is 11.7. The lowest BCUT2D eigenvalue weighted by Gasteiger charge is -2.17. The lowest BCUT2D eigenvalue weighted by Crippen LogP contribution is -2.25. The maximum atomic E-state index is 12.5. The molecule has 20 heavy (non-hydrogen) atoms. The van der Waals surface area contributed by atoms with Crippen molar-refractivity contribution in [1.29, 1.82) is 0 Å². The van der Waals surface area contributed by atoms with E-state index in [1.54, 1.807) is 11.3 Å². The van der Waals surface area contributed by atoms with Crippen molar-refractivity contribution in [3.8, 4) is 0 Å². The summed E-state index contributed by atoms with van der Waals surface area (Å²) in [6.07, 6.45) is 3.42. The number of nitrogens with zero attached hydrogens (tertiary/aromatic N) is 3. The number of thiophene rings is 1. The molecule has 2 aromatic rings. The van der Waals surface area contributed by atoms with Crippen LogP contribution in [0, 0.1) is 5.92 Å². The molecule has 2 aromatic heterocycles. The van der Waals surface area contributed by atoms with E-state index in [1.165, 1.54) is 22.0 Å². The molecule has 2 heterocycles. The van der Waals surface area contributed by atoms with Gasteiger partial charge in [0, 0.05) is 11.3 Å². The topological polar surface area (TPSA) is 64.8 Å². The highest BCUT2D eigenvalue weighted by molar-refractivity contribution is 7.18. The number of hydrogen-bond acceptors (Lipinski definition) is 5. The molecule has 1 unspecified atom stereocenters. The van der Waals surface area contributed by atoms with Gasteiger partial charge < -0.3 is 0 Å². The summed E-state index contributed by atoms with van der Waals surface area (Å²) < 4.78 is 1.33. The Morgan fingerprint density at radius 1 is 1.50 bits per heavy atom. The first-order valence-electron chi connectivity index (χ1n) is 6.93. The van der Waals surface area contributed by atoms with E-state index >= 15 is 0 Å². The molecule has 0 saturated heterocycles. The van der Waals surface area contributed by atoms with Gasteiger partial charge in [0.25, 0.3) is 5.56 Å². The largest absolute Gasteiger partial charge is 0.300 e. The van der Waals surface area contributed by atoms with E-state index in [0.717, 1.165) is 29.5 Å². The van der Waals surface area contributed by atoms with Crippen molar-refractivity contribution in [1.82, 2.24) is 15.0 Å². The van der Waals surface area contributed by atoms with Crippen molar-refractivity contribution in [2.75, 3.05) is 0 Å². The van der Waals surface area contributed by atoms with Gasteiger partial charge in [0.05, 0.1) is 11.9 Å². The summed E-state index contributed by atoms with van der Waals surface area (Å²) in [5.74, 6) is 0.725. The molecule has 1 aliphatic carbocycles. The average Bonchev–Trinajstić information content (AvgIpc) is 2.75. The molecule has 0 amide bonds. The molecular formula is C14H17N3O2S. The standard InChI is InChI=1S/C14H17N3O2S/c1-8-3-4-10-11(7-8)20-13-12(10)14(19)17(16-15-13)6-5-9(2)18/h8H,3-7H2,1-2H3. The second kappa shape index (κ2) is 5.09. The Bertz CT molecular complexity index is 732. The van der Waals surface area contributed by atoms with Crippen LogP contribution < -0.4 is 5.56 Å². The Morgan fingerprint density at radius 3 is 3.05 bits per heavy atom. The number of Topliss-reactive ketones (excluding diaryl/α,β-unsaturated/α-hetero) is 1. The predicted octanol–water partition coefficient (Wildman–Crippen LogP) is 1.96. The van der Waals surface area contributed by atoms with Crippen LogP contribution in [0.1, 0.15) is 37.1 Å². The molecule has 3 rings (SSSR count).